The Labute approximate surface area is 212 Å². The fraction of sp³-hybridized carbons (Fsp3) is 0.464. The Morgan fingerprint density at radius 2 is 1.94 bits per heavy atom. The number of carbonyl (C=O) groups is 2. The van der Waals surface area contributed by atoms with E-state index in [1.165, 1.54) is 12.1 Å². The maximum atomic E-state index is 14.0. The predicted octanol–water partition coefficient (Wildman–Crippen LogP) is 5.76. The van der Waals surface area contributed by atoms with Crippen molar-refractivity contribution in [3.05, 3.63) is 70.5 Å². The van der Waals surface area contributed by atoms with E-state index in [9.17, 15) is 19.2 Å². The standard InChI is InChI=1S/C28H33ClFN3O2/c1-20(2)28(19-31,21-10-4-3-5-11-21)16-7-6-15-26(34)33-17-9-14-25(33)27(35)32-18-22-23(29)12-8-13-24(22)30/h3-5,8,10-13,20,25H,6-7,9,14-18H2,1-2H3,(H,32,35)/t25-,28+/m1/s1. The van der Waals surface area contributed by atoms with Gasteiger partial charge in [0.1, 0.15) is 11.9 Å². The lowest BCUT2D eigenvalue weighted by Gasteiger charge is -2.31. The summed E-state index contributed by atoms with van der Waals surface area (Å²) in [5.41, 5.74) is 0.659. The number of unbranched alkanes of at least 4 members (excludes halogenated alkanes) is 1. The van der Waals surface area contributed by atoms with Crippen LogP contribution in [-0.4, -0.2) is 29.3 Å². The molecule has 5 nitrogen and oxygen atoms in total. The van der Waals surface area contributed by atoms with Crippen LogP contribution in [0.2, 0.25) is 5.02 Å². The van der Waals surface area contributed by atoms with E-state index in [1.807, 2.05) is 30.3 Å². The lowest BCUT2D eigenvalue weighted by molar-refractivity contribution is -0.138. The van der Waals surface area contributed by atoms with Gasteiger partial charge in [0, 0.05) is 30.1 Å². The largest absolute Gasteiger partial charge is 0.350 e. The summed E-state index contributed by atoms with van der Waals surface area (Å²) in [6.45, 7) is 4.63. The molecule has 186 valence electrons. The van der Waals surface area contributed by atoms with Crippen LogP contribution in [0.15, 0.2) is 48.5 Å². The molecule has 1 N–H and O–H groups in total. The smallest absolute Gasteiger partial charge is 0.243 e. The molecular formula is C28H33ClFN3O2. The molecule has 1 fully saturated rings. The molecule has 0 aliphatic carbocycles. The molecule has 35 heavy (non-hydrogen) atoms. The summed E-state index contributed by atoms with van der Waals surface area (Å²) in [6.07, 6.45) is 3.73. The summed E-state index contributed by atoms with van der Waals surface area (Å²) >= 11 is 6.05. The van der Waals surface area contributed by atoms with Gasteiger partial charge in [0.2, 0.25) is 11.8 Å². The van der Waals surface area contributed by atoms with Crippen LogP contribution in [0, 0.1) is 23.1 Å². The van der Waals surface area contributed by atoms with Crippen LogP contribution in [-0.2, 0) is 21.5 Å². The van der Waals surface area contributed by atoms with Crippen molar-refractivity contribution < 1.29 is 14.0 Å². The minimum absolute atomic E-state index is 0.0200. The van der Waals surface area contributed by atoms with Crippen molar-refractivity contribution in [3.63, 3.8) is 0 Å². The van der Waals surface area contributed by atoms with Gasteiger partial charge >= 0.3 is 0 Å². The number of carbonyl (C=O) groups excluding carboxylic acids is 2. The summed E-state index contributed by atoms with van der Waals surface area (Å²) < 4.78 is 14.0. The van der Waals surface area contributed by atoms with Crippen LogP contribution >= 0.6 is 11.6 Å². The van der Waals surface area contributed by atoms with E-state index in [2.05, 4.69) is 25.2 Å². The Hall–Kier alpha value is -2.91. The van der Waals surface area contributed by atoms with E-state index < -0.39 is 17.3 Å². The third-order valence-electron chi connectivity index (χ3n) is 7.06. The van der Waals surface area contributed by atoms with Crippen molar-refractivity contribution >= 4 is 23.4 Å². The molecule has 0 saturated carbocycles. The second-order valence-corrected chi connectivity index (χ2v) is 9.88. The van der Waals surface area contributed by atoms with Crippen molar-refractivity contribution in [2.24, 2.45) is 5.92 Å². The summed E-state index contributed by atoms with van der Waals surface area (Å²) in [5.74, 6) is -0.677. The highest BCUT2D eigenvalue weighted by Crippen LogP contribution is 2.37. The van der Waals surface area contributed by atoms with Gasteiger partial charge in [0.25, 0.3) is 0 Å². The summed E-state index contributed by atoms with van der Waals surface area (Å²) in [6, 6.07) is 16.2. The average Bonchev–Trinajstić information content (AvgIpc) is 3.34. The quantitative estimate of drug-likeness (QED) is 0.424. The van der Waals surface area contributed by atoms with Gasteiger partial charge in [-0.05, 0) is 49.3 Å². The number of likely N-dealkylation sites (tertiary alicyclic amines) is 1. The Morgan fingerprint density at radius 1 is 1.20 bits per heavy atom. The zero-order valence-electron chi connectivity index (χ0n) is 20.4. The van der Waals surface area contributed by atoms with Crippen LogP contribution in [0.3, 0.4) is 0 Å². The Morgan fingerprint density at radius 3 is 2.60 bits per heavy atom. The maximum Gasteiger partial charge on any atom is 0.243 e. The van der Waals surface area contributed by atoms with E-state index >= 15 is 0 Å². The first-order valence-corrected chi connectivity index (χ1v) is 12.6. The summed E-state index contributed by atoms with van der Waals surface area (Å²) in [4.78, 5) is 27.4. The van der Waals surface area contributed by atoms with E-state index in [-0.39, 0.29) is 34.9 Å². The van der Waals surface area contributed by atoms with E-state index in [0.29, 0.717) is 32.2 Å². The fourth-order valence-corrected chi connectivity index (χ4v) is 5.14. The molecule has 1 aliphatic rings. The molecule has 1 heterocycles. The third kappa shape index (κ3) is 6.21. The number of rotatable bonds is 10. The molecule has 0 radical (unpaired) electrons. The lowest BCUT2D eigenvalue weighted by Crippen LogP contribution is -2.45. The second-order valence-electron chi connectivity index (χ2n) is 9.47. The zero-order chi connectivity index (χ0) is 25.4. The third-order valence-corrected chi connectivity index (χ3v) is 7.42. The number of hydrogen-bond acceptors (Lipinski definition) is 3. The normalized spacial score (nSPS) is 17.1. The van der Waals surface area contributed by atoms with Crippen LogP contribution in [0.4, 0.5) is 4.39 Å². The topological polar surface area (TPSA) is 73.2 Å². The van der Waals surface area contributed by atoms with E-state index in [0.717, 1.165) is 18.4 Å². The molecule has 2 atom stereocenters. The van der Waals surface area contributed by atoms with Crippen LogP contribution in [0.25, 0.3) is 0 Å². The number of hydrogen-bond donors (Lipinski definition) is 1. The SMILES string of the molecule is CC(C)[C@@](C#N)(CCCCC(=O)N1CCC[C@@H]1C(=O)NCc1c(F)cccc1Cl)c1ccccc1. The van der Waals surface area contributed by atoms with Crippen LogP contribution in [0.5, 0.6) is 0 Å². The van der Waals surface area contributed by atoms with Gasteiger partial charge in [-0.2, -0.15) is 5.26 Å². The number of nitrogens with zero attached hydrogens (tertiary/aromatic N) is 2. The molecule has 2 amide bonds. The molecule has 7 heteroatoms. The number of halogens is 2. The second kappa shape index (κ2) is 12.2. The molecule has 1 saturated heterocycles. The van der Waals surface area contributed by atoms with Gasteiger partial charge in [-0.3, -0.25) is 9.59 Å². The Kier molecular flexibility index (Phi) is 9.28. The van der Waals surface area contributed by atoms with E-state index in [1.54, 1.807) is 11.0 Å². The van der Waals surface area contributed by atoms with Crippen molar-refractivity contribution in [2.45, 2.75) is 70.4 Å². The lowest BCUT2D eigenvalue weighted by atomic mass is 9.69. The highest BCUT2D eigenvalue weighted by Gasteiger charge is 2.36. The van der Waals surface area contributed by atoms with Gasteiger partial charge in [-0.15, -0.1) is 0 Å². The molecule has 2 aromatic rings. The molecular weight excluding hydrogens is 465 g/mol. The minimum atomic E-state index is -0.589. The number of amides is 2. The zero-order valence-corrected chi connectivity index (χ0v) is 21.2. The van der Waals surface area contributed by atoms with Crippen molar-refractivity contribution in [2.75, 3.05) is 6.54 Å². The van der Waals surface area contributed by atoms with Crippen molar-refractivity contribution in [1.82, 2.24) is 10.2 Å². The maximum absolute atomic E-state index is 14.0. The molecule has 1 aliphatic heterocycles. The first kappa shape index (κ1) is 26.7. The molecule has 2 aromatic carbocycles. The van der Waals surface area contributed by atoms with Gasteiger partial charge in [0.15, 0.2) is 0 Å². The molecule has 3 rings (SSSR count). The number of nitrogens with one attached hydrogen (secondary N) is 1. The molecule has 0 aromatic heterocycles. The first-order chi connectivity index (χ1) is 16.8. The van der Waals surface area contributed by atoms with Crippen molar-refractivity contribution in [1.29, 1.82) is 5.26 Å². The molecule has 0 unspecified atom stereocenters. The Balaban J connectivity index is 1.53. The highest BCUT2D eigenvalue weighted by molar-refractivity contribution is 6.31. The average molecular weight is 498 g/mol. The molecule has 0 spiro atoms. The highest BCUT2D eigenvalue weighted by atomic mass is 35.5. The predicted molar refractivity (Wildman–Crippen MR) is 135 cm³/mol. The number of benzene rings is 2. The van der Waals surface area contributed by atoms with Gasteiger partial charge < -0.3 is 10.2 Å². The summed E-state index contributed by atoms with van der Waals surface area (Å²) in [7, 11) is 0. The fourth-order valence-electron chi connectivity index (χ4n) is 4.91. The van der Waals surface area contributed by atoms with Gasteiger partial charge in [-0.1, -0.05) is 68.3 Å². The van der Waals surface area contributed by atoms with Crippen LogP contribution in [0.1, 0.15) is 63.5 Å². The number of nitriles is 1. The monoisotopic (exact) mass is 497 g/mol. The first-order valence-electron chi connectivity index (χ1n) is 12.3. The summed E-state index contributed by atoms with van der Waals surface area (Å²) in [5, 5.41) is 13.0. The molecule has 0 bridgehead atoms. The minimum Gasteiger partial charge on any atom is -0.350 e. The van der Waals surface area contributed by atoms with E-state index in [4.69, 9.17) is 11.6 Å². The van der Waals surface area contributed by atoms with Gasteiger partial charge in [0.05, 0.1) is 11.5 Å². The Bertz CT molecular complexity index is 1050. The van der Waals surface area contributed by atoms with Crippen LogP contribution < -0.4 is 5.32 Å². The van der Waals surface area contributed by atoms with Crippen molar-refractivity contribution in [3.8, 4) is 6.07 Å². The van der Waals surface area contributed by atoms with Gasteiger partial charge in [-0.25, -0.2) is 4.39 Å².